The molecule has 0 aliphatic rings. The second-order valence-corrected chi connectivity index (χ2v) is 7.33. The fourth-order valence-electron chi connectivity index (χ4n) is 3.04. The monoisotopic (exact) mass is 467 g/mol. The van der Waals surface area contributed by atoms with Gasteiger partial charge in [-0.1, -0.05) is 29.3 Å². The molecule has 2 aromatic heterocycles. The standard InChI is InChI=1S/C21H14Cl2FN3O3.Na/c22-14-3-4-19(30-11-12-1-2-15(23)8-18(12)24)13(7-14)10-27-20-17(9-26-27)16(21(28)29)5-6-25-20;/h1-9H,10-11H2,(H,28,29);/q;+1/p-1. The van der Waals surface area contributed by atoms with E-state index in [1.165, 1.54) is 29.2 Å². The van der Waals surface area contributed by atoms with Crippen molar-refractivity contribution < 1.29 is 48.6 Å². The molecule has 0 saturated carbocycles. The Labute approximate surface area is 208 Å². The van der Waals surface area contributed by atoms with Gasteiger partial charge < -0.3 is 14.6 Å². The van der Waals surface area contributed by atoms with E-state index in [1.807, 2.05) is 0 Å². The first-order valence-corrected chi connectivity index (χ1v) is 9.55. The zero-order chi connectivity index (χ0) is 21.3. The van der Waals surface area contributed by atoms with E-state index in [0.717, 1.165) is 0 Å². The van der Waals surface area contributed by atoms with E-state index in [-0.39, 0.29) is 48.3 Å². The van der Waals surface area contributed by atoms with Gasteiger partial charge in [0.2, 0.25) is 0 Å². The third-order valence-electron chi connectivity index (χ3n) is 4.50. The molecule has 10 heteroatoms. The van der Waals surface area contributed by atoms with Gasteiger partial charge in [0.1, 0.15) is 18.2 Å². The number of carboxylic acids is 1. The molecule has 31 heavy (non-hydrogen) atoms. The minimum atomic E-state index is -1.31. The molecule has 0 N–H and O–H groups in total. The van der Waals surface area contributed by atoms with E-state index in [2.05, 4.69) is 10.1 Å². The predicted octanol–water partition coefficient (Wildman–Crippen LogP) is 0.872. The summed E-state index contributed by atoms with van der Waals surface area (Å²) < 4.78 is 21.4. The van der Waals surface area contributed by atoms with E-state index >= 15 is 0 Å². The Kier molecular flexibility index (Phi) is 7.56. The first kappa shape index (κ1) is 23.5. The molecule has 0 amide bonds. The maximum Gasteiger partial charge on any atom is 1.00 e. The van der Waals surface area contributed by atoms with Crippen LogP contribution in [0.3, 0.4) is 0 Å². The Morgan fingerprint density at radius 1 is 1.10 bits per heavy atom. The summed E-state index contributed by atoms with van der Waals surface area (Å²) in [4.78, 5) is 15.5. The van der Waals surface area contributed by atoms with Crippen molar-refractivity contribution in [3.05, 3.63) is 87.4 Å². The van der Waals surface area contributed by atoms with Crippen molar-refractivity contribution >= 4 is 40.2 Å². The number of rotatable bonds is 6. The molecule has 2 heterocycles. The van der Waals surface area contributed by atoms with Crippen LogP contribution in [0.5, 0.6) is 5.75 Å². The first-order chi connectivity index (χ1) is 14.4. The smallest absolute Gasteiger partial charge is 0.545 e. The number of aromatic nitrogens is 3. The van der Waals surface area contributed by atoms with Crippen molar-refractivity contribution in [1.82, 2.24) is 14.8 Å². The summed E-state index contributed by atoms with van der Waals surface area (Å²) in [5, 5.41) is 16.7. The van der Waals surface area contributed by atoms with Gasteiger partial charge in [0.05, 0.1) is 18.7 Å². The van der Waals surface area contributed by atoms with Crippen molar-refractivity contribution in [1.29, 1.82) is 0 Å². The molecule has 0 spiro atoms. The maximum atomic E-state index is 14.0. The van der Waals surface area contributed by atoms with Crippen LogP contribution in [0.4, 0.5) is 4.39 Å². The van der Waals surface area contributed by atoms with Crippen molar-refractivity contribution in [2.45, 2.75) is 13.2 Å². The molecule has 0 aliphatic carbocycles. The fourth-order valence-corrected chi connectivity index (χ4v) is 3.39. The van der Waals surface area contributed by atoms with Crippen molar-refractivity contribution in [2.24, 2.45) is 0 Å². The SMILES string of the molecule is O=C([O-])c1ccnc2c1cnn2Cc1cc(Cl)ccc1OCc1ccc(Cl)cc1F.[Na+]. The average molecular weight is 468 g/mol. The molecular formula is C21H13Cl2FN3NaO3. The van der Waals surface area contributed by atoms with Crippen LogP contribution in [0.1, 0.15) is 21.5 Å². The number of hydrogen-bond acceptors (Lipinski definition) is 5. The van der Waals surface area contributed by atoms with Gasteiger partial charge in [-0.05, 0) is 36.4 Å². The molecule has 4 aromatic rings. The number of carbonyl (C=O) groups is 1. The summed E-state index contributed by atoms with van der Waals surface area (Å²) in [6.07, 6.45) is 2.80. The number of hydrogen-bond donors (Lipinski definition) is 0. The number of carbonyl (C=O) groups excluding carboxylic acids is 1. The van der Waals surface area contributed by atoms with Crippen LogP contribution in [0.15, 0.2) is 54.9 Å². The maximum absolute atomic E-state index is 14.0. The Morgan fingerprint density at radius 3 is 2.58 bits per heavy atom. The van der Waals surface area contributed by atoms with E-state index < -0.39 is 11.8 Å². The number of nitrogens with zero attached hydrogens (tertiary/aromatic N) is 3. The van der Waals surface area contributed by atoms with E-state index in [1.54, 1.807) is 30.3 Å². The minimum absolute atomic E-state index is 0. The molecule has 0 aliphatic heterocycles. The van der Waals surface area contributed by atoms with Crippen LogP contribution < -0.4 is 39.4 Å². The van der Waals surface area contributed by atoms with Gasteiger partial charge in [-0.2, -0.15) is 5.10 Å². The van der Waals surface area contributed by atoms with Crippen molar-refractivity contribution in [3.63, 3.8) is 0 Å². The van der Waals surface area contributed by atoms with Gasteiger partial charge >= 0.3 is 29.6 Å². The number of carboxylic acid groups (broad SMARTS) is 1. The van der Waals surface area contributed by atoms with Gasteiger partial charge in [0, 0.05) is 38.3 Å². The van der Waals surface area contributed by atoms with Gasteiger partial charge in [0.15, 0.2) is 5.65 Å². The molecular weight excluding hydrogens is 455 g/mol. The van der Waals surface area contributed by atoms with Crippen molar-refractivity contribution in [3.8, 4) is 5.75 Å². The van der Waals surface area contributed by atoms with E-state index in [9.17, 15) is 14.3 Å². The summed E-state index contributed by atoms with van der Waals surface area (Å²) in [7, 11) is 0. The van der Waals surface area contributed by atoms with E-state index in [0.29, 0.717) is 38.0 Å². The van der Waals surface area contributed by atoms with Gasteiger partial charge in [-0.25, -0.2) is 14.1 Å². The van der Waals surface area contributed by atoms with Crippen LogP contribution in [0, 0.1) is 5.82 Å². The largest absolute Gasteiger partial charge is 1.00 e. The second kappa shape index (κ2) is 9.97. The Bertz CT molecular complexity index is 1270. The fraction of sp³-hybridized carbons (Fsp3) is 0.0952. The number of aromatic carboxylic acids is 1. The summed E-state index contributed by atoms with van der Waals surface area (Å²) in [6.45, 7) is 0.205. The molecule has 152 valence electrons. The Hall–Kier alpha value is -2.16. The number of fused-ring (bicyclic) bond motifs is 1. The molecule has 0 atom stereocenters. The number of halogens is 3. The van der Waals surface area contributed by atoms with Gasteiger partial charge in [-0.3, -0.25) is 0 Å². The summed E-state index contributed by atoms with van der Waals surface area (Å²) in [5.41, 5.74) is 1.41. The number of benzene rings is 2. The van der Waals surface area contributed by atoms with Gasteiger partial charge in [-0.15, -0.1) is 0 Å². The van der Waals surface area contributed by atoms with Crippen LogP contribution in [0.2, 0.25) is 10.0 Å². The Morgan fingerprint density at radius 2 is 1.84 bits per heavy atom. The van der Waals surface area contributed by atoms with Crippen LogP contribution in [0.25, 0.3) is 11.0 Å². The molecule has 0 fully saturated rings. The predicted molar refractivity (Wildman–Crippen MR) is 108 cm³/mol. The normalized spacial score (nSPS) is 10.7. The van der Waals surface area contributed by atoms with Crippen LogP contribution >= 0.6 is 23.2 Å². The Balaban J connectivity index is 0.00000272. The molecule has 2 aromatic carbocycles. The molecule has 4 rings (SSSR count). The molecule has 0 saturated heterocycles. The zero-order valence-electron chi connectivity index (χ0n) is 16.3. The third kappa shape index (κ3) is 5.19. The number of pyridine rings is 1. The quantitative estimate of drug-likeness (QED) is 0.393. The van der Waals surface area contributed by atoms with Crippen LogP contribution in [-0.4, -0.2) is 20.7 Å². The molecule has 0 bridgehead atoms. The molecule has 0 unspecified atom stereocenters. The second-order valence-electron chi connectivity index (χ2n) is 6.46. The topological polar surface area (TPSA) is 80.1 Å². The number of ether oxygens (including phenoxy) is 1. The van der Waals surface area contributed by atoms with Crippen molar-refractivity contribution in [2.75, 3.05) is 0 Å². The summed E-state index contributed by atoms with van der Waals surface area (Å²) >= 11 is 11.9. The van der Waals surface area contributed by atoms with Crippen LogP contribution in [-0.2, 0) is 13.2 Å². The van der Waals surface area contributed by atoms with Gasteiger partial charge in [0.25, 0.3) is 0 Å². The third-order valence-corrected chi connectivity index (χ3v) is 4.97. The average Bonchev–Trinajstić information content (AvgIpc) is 3.11. The summed E-state index contributed by atoms with van der Waals surface area (Å²) in [6, 6.07) is 10.8. The molecule has 0 radical (unpaired) electrons. The van der Waals surface area contributed by atoms with E-state index in [4.69, 9.17) is 27.9 Å². The first-order valence-electron chi connectivity index (χ1n) is 8.79. The summed E-state index contributed by atoms with van der Waals surface area (Å²) in [5.74, 6) is -1.29. The molecule has 6 nitrogen and oxygen atoms in total. The minimum Gasteiger partial charge on any atom is -0.545 e. The zero-order valence-corrected chi connectivity index (χ0v) is 19.8.